The molecule has 108 valence electrons. The third-order valence-electron chi connectivity index (χ3n) is 4.39. The molecule has 20 heavy (non-hydrogen) atoms. The summed E-state index contributed by atoms with van der Waals surface area (Å²) in [5, 5.41) is 1.89. The van der Waals surface area contributed by atoms with Crippen molar-refractivity contribution in [1.82, 2.24) is 0 Å². The van der Waals surface area contributed by atoms with E-state index >= 15 is 0 Å². The van der Waals surface area contributed by atoms with Crippen molar-refractivity contribution in [2.24, 2.45) is 0 Å². The average Bonchev–Trinajstić information content (AvgIpc) is 2.92. The molecular weight excluding hydrogens is 288 g/mol. The predicted molar refractivity (Wildman–Crippen MR) is 88.7 cm³/mol. The summed E-state index contributed by atoms with van der Waals surface area (Å²) in [5.74, 6) is 0.881. The van der Waals surface area contributed by atoms with Gasteiger partial charge in [-0.3, -0.25) is 0 Å². The fourth-order valence-electron chi connectivity index (χ4n) is 2.63. The van der Waals surface area contributed by atoms with E-state index in [0.717, 1.165) is 10.6 Å². The third-order valence-corrected chi connectivity index (χ3v) is 5.95. The second-order valence-corrected chi connectivity index (χ2v) is 6.67. The summed E-state index contributed by atoms with van der Waals surface area (Å²) in [4.78, 5) is 1.14. The number of rotatable bonds is 3. The predicted octanol–water partition coefficient (Wildman–Crippen LogP) is 5.63. The maximum atomic E-state index is 6.76. The Bertz CT molecular complexity index is 614. The first-order valence-electron chi connectivity index (χ1n) is 6.71. The van der Waals surface area contributed by atoms with Crippen LogP contribution in [0.5, 0.6) is 5.75 Å². The van der Waals surface area contributed by atoms with Crippen molar-refractivity contribution in [1.29, 1.82) is 0 Å². The van der Waals surface area contributed by atoms with Crippen LogP contribution >= 0.6 is 22.9 Å². The van der Waals surface area contributed by atoms with Crippen LogP contribution in [0.4, 0.5) is 0 Å². The molecule has 0 bridgehead atoms. The van der Waals surface area contributed by atoms with Crippen LogP contribution in [-0.2, 0) is 0 Å². The van der Waals surface area contributed by atoms with Crippen LogP contribution in [0, 0.1) is 34.6 Å². The van der Waals surface area contributed by atoms with E-state index in [2.05, 4.69) is 34.6 Å². The van der Waals surface area contributed by atoms with E-state index < -0.39 is 0 Å². The van der Waals surface area contributed by atoms with E-state index in [9.17, 15) is 0 Å². The Morgan fingerprint density at radius 2 is 1.45 bits per heavy atom. The molecule has 1 unspecified atom stereocenters. The summed E-state index contributed by atoms with van der Waals surface area (Å²) in [6.07, 6.45) is 0. The number of hydrogen-bond donors (Lipinski definition) is 0. The molecular formula is C17H21ClOS. The second-order valence-electron chi connectivity index (χ2n) is 5.29. The van der Waals surface area contributed by atoms with Gasteiger partial charge in [0, 0.05) is 10.3 Å². The van der Waals surface area contributed by atoms with Gasteiger partial charge in [0.2, 0.25) is 0 Å². The first kappa shape index (κ1) is 15.4. The molecule has 1 aromatic carbocycles. The normalized spacial score (nSPS) is 12.6. The number of thiophene rings is 1. The lowest BCUT2D eigenvalue weighted by molar-refractivity contribution is 0.416. The molecule has 1 aromatic heterocycles. The summed E-state index contributed by atoms with van der Waals surface area (Å²) in [5.41, 5.74) is 7.92. The second kappa shape index (κ2) is 5.79. The smallest absolute Gasteiger partial charge is 0.129 e. The molecule has 2 aromatic rings. The van der Waals surface area contributed by atoms with Gasteiger partial charge in [-0.2, -0.15) is 0 Å². The largest absolute Gasteiger partial charge is 0.496 e. The summed E-state index contributed by atoms with van der Waals surface area (Å²) >= 11 is 8.42. The van der Waals surface area contributed by atoms with Gasteiger partial charge in [0.25, 0.3) is 0 Å². The van der Waals surface area contributed by atoms with Crippen molar-refractivity contribution in [3.63, 3.8) is 0 Å². The van der Waals surface area contributed by atoms with E-state index in [1.165, 1.54) is 33.4 Å². The van der Waals surface area contributed by atoms with E-state index in [4.69, 9.17) is 16.3 Å². The van der Waals surface area contributed by atoms with Crippen LogP contribution in [0.15, 0.2) is 11.4 Å². The molecule has 0 aliphatic heterocycles. The van der Waals surface area contributed by atoms with Crippen LogP contribution in [-0.4, -0.2) is 7.11 Å². The molecule has 0 fully saturated rings. The van der Waals surface area contributed by atoms with E-state index in [1.807, 2.05) is 11.4 Å². The molecule has 1 atom stereocenters. The zero-order valence-corrected chi connectivity index (χ0v) is 14.5. The zero-order chi connectivity index (χ0) is 15.0. The maximum absolute atomic E-state index is 6.76. The maximum Gasteiger partial charge on any atom is 0.129 e. The molecule has 0 radical (unpaired) electrons. The molecule has 0 spiro atoms. The average molecular weight is 309 g/mol. The van der Waals surface area contributed by atoms with Crippen molar-refractivity contribution in [3.05, 3.63) is 49.7 Å². The van der Waals surface area contributed by atoms with Crippen LogP contribution in [0.1, 0.15) is 43.6 Å². The fourth-order valence-corrected chi connectivity index (χ4v) is 4.01. The highest BCUT2D eigenvalue weighted by Gasteiger charge is 2.21. The Labute approximate surface area is 130 Å². The Balaban J connectivity index is 2.57. The van der Waals surface area contributed by atoms with Crippen molar-refractivity contribution in [3.8, 4) is 5.75 Å². The number of alkyl halides is 1. The lowest BCUT2D eigenvalue weighted by Crippen LogP contribution is -2.05. The third kappa shape index (κ3) is 2.47. The van der Waals surface area contributed by atoms with Gasteiger partial charge < -0.3 is 4.74 Å². The van der Waals surface area contributed by atoms with Gasteiger partial charge in [0.1, 0.15) is 5.75 Å². The van der Waals surface area contributed by atoms with Gasteiger partial charge in [-0.05, 0) is 74.1 Å². The molecule has 0 amide bonds. The van der Waals surface area contributed by atoms with Crippen LogP contribution in [0.2, 0.25) is 0 Å². The standard InChI is InChI=1S/C17H21ClOS/c1-9-10(2)12(4)16(13(5)11(9)3)17(18)15-7-14(19-6)8-20-15/h7-8,17H,1-6H3. The lowest BCUT2D eigenvalue weighted by atomic mass is 9.88. The van der Waals surface area contributed by atoms with Crippen molar-refractivity contribution >= 4 is 22.9 Å². The van der Waals surface area contributed by atoms with Crippen LogP contribution in [0.25, 0.3) is 0 Å². The van der Waals surface area contributed by atoms with Gasteiger partial charge in [-0.25, -0.2) is 0 Å². The molecule has 2 rings (SSSR count). The molecule has 0 N–H and O–H groups in total. The molecule has 0 aliphatic carbocycles. The Hall–Kier alpha value is -0.990. The van der Waals surface area contributed by atoms with Gasteiger partial charge >= 0.3 is 0 Å². The molecule has 0 saturated heterocycles. The van der Waals surface area contributed by atoms with Gasteiger partial charge in [-0.15, -0.1) is 22.9 Å². The minimum Gasteiger partial charge on any atom is -0.496 e. The van der Waals surface area contributed by atoms with Gasteiger partial charge in [0.05, 0.1) is 12.5 Å². The Kier molecular flexibility index (Phi) is 4.46. The highest BCUT2D eigenvalue weighted by atomic mass is 35.5. The molecule has 0 saturated carbocycles. The summed E-state index contributed by atoms with van der Waals surface area (Å²) in [6, 6.07) is 2.03. The van der Waals surface area contributed by atoms with Gasteiger partial charge in [0.15, 0.2) is 0 Å². The lowest BCUT2D eigenvalue weighted by Gasteiger charge is -2.21. The first-order chi connectivity index (χ1) is 9.38. The monoisotopic (exact) mass is 308 g/mol. The molecule has 1 heterocycles. The van der Waals surface area contributed by atoms with Crippen molar-refractivity contribution in [2.75, 3.05) is 7.11 Å². The van der Waals surface area contributed by atoms with E-state index in [-0.39, 0.29) is 5.38 Å². The summed E-state index contributed by atoms with van der Waals surface area (Å²) in [7, 11) is 1.69. The molecule has 1 nitrogen and oxygen atoms in total. The summed E-state index contributed by atoms with van der Waals surface area (Å²) < 4.78 is 5.26. The van der Waals surface area contributed by atoms with Crippen molar-refractivity contribution < 1.29 is 4.74 Å². The van der Waals surface area contributed by atoms with E-state index in [0.29, 0.717) is 0 Å². The number of benzene rings is 1. The quantitative estimate of drug-likeness (QED) is 0.668. The minimum absolute atomic E-state index is 0.109. The number of ether oxygens (including phenoxy) is 1. The molecule has 0 aliphatic rings. The zero-order valence-electron chi connectivity index (χ0n) is 12.9. The highest BCUT2D eigenvalue weighted by Crippen LogP contribution is 2.40. The minimum atomic E-state index is -0.109. The number of halogens is 1. The number of methoxy groups -OCH3 is 1. The van der Waals surface area contributed by atoms with Crippen molar-refractivity contribution in [2.45, 2.75) is 40.0 Å². The molecule has 3 heteroatoms. The number of hydrogen-bond acceptors (Lipinski definition) is 2. The highest BCUT2D eigenvalue weighted by molar-refractivity contribution is 7.10. The topological polar surface area (TPSA) is 9.23 Å². The SMILES string of the molecule is COc1csc(C(Cl)c2c(C)c(C)c(C)c(C)c2C)c1. The van der Waals surface area contributed by atoms with Crippen LogP contribution in [0.3, 0.4) is 0 Å². The Morgan fingerprint density at radius 3 is 1.90 bits per heavy atom. The Morgan fingerprint density at radius 1 is 0.950 bits per heavy atom. The summed E-state index contributed by atoms with van der Waals surface area (Å²) in [6.45, 7) is 10.9. The van der Waals surface area contributed by atoms with Gasteiger partial charge in [-0.1, -0.05) is 0 Å². The van der Waals surface area contributed by atoms with Crippen LogP contribution < -0.4 is 4.74 Å². The fraction of sp³-hybridized carbons (Fsp3) is 0.412. The van der Waals surface area contributed by atoms with E-state index in [1.54, 1.807) is 18.4 Å². The first-order valence-corrected chi connectivity index (χ1v) is 8.03.